The van der Waals surface area contributed by atoms with Gasteiger partial charge in [0, 0.05) is 52.1 Å². The zero-order chi connectivity index (χ0) is 30.1. The van der Waals surface area contributed by atoms with Gasteiger partial charge in [-0.2, -0.15) is 20.4 Å². The smallest absolute Gasteiger partial charge is 0.271 e. The quantitative estimate of drug-likeness (QED) is 0.111. The molecule has 11 heteroatoms. The summed E-state index contributed by atoms with van der Waals surface area (Å²) in [6.45, 7) is 0. The van der Waals surface area contributed by atoms with Crippen LogP contribution in [0, 0.1) is 0 Å². The lowest BCUT2D eigenvalue weighted by molar-refractivity contribution is -0.121. The second kappa shape index (κ2) is 13.3. The molecule has 218 valence electrons. The monoisotopic (exact) mass is 583 g/mol. The maximum absolute atomic E-state index is 13.0. The molecule has 0 unspecified atom stereocenters. The Morgan fingerprint density at radius 1 is 0.682 bits per heavy atom. The molecule has 0 saturated heterocycles. The molecule has 0 saturated carbocycles. The number of carbonyl (C=O) groups excluding carboxylic acids is 2. The van der Waals surface area contributed by atoms with Gasteiger partial charge in [-0.25, -0.2) is 10.9 Å². The number of carbonyl (C=O) groups is 2. The molecule has 0 bridgehead atoms. The lowest BCUT2D eigenvalue weighted by Crippen LogP contribution is -2.20. The van der Waals surface area contributed by atoms with Crippen molar-refractivity contribution in [2.24, 2.45) is 10.2 Å². The number of aromatic amines is 3. The van der Waals surface area contributed by atoms with Crippen molar-refractivity contribution in [3.63, 3.8) is 0 Å². The Labute approximate surface area is 252 Å². The van der Waals surface area contributed by atoms with Crippen molar-refractivity contribution in [2.45, 2.75) is 19.3 Å². The standard InChI is InChI=1S/C33H29N9O2/c43-30(39-40-31(28-16-18-34-37-28)22-8-3-1-4-9-22)13-7-12-26-21-25-20-24(14-15-27(25)36-26)33(44)42-41-32(29-17-19-35-38-29)23-10-5-2-6-11-23/h1-6,8-11,14-21,36H,7,12-13H2,(H,34,37)(H,35,38)(H,39,43)(H,42,44). The Kier molecular flexibility index (Phi) is 8.45. The van der Waals surface area contributed by atoms with Crippen LogP contribution in [0.4, 0.5) is 0 Å². The highest BCUT2D eigenvalue weighted by Gasteiger charge is 2.13. The van der Waals surface area contributed by atoms with Crippen LogP contribution in [-0.4, -0.2) is 48.6 Å². The summed E-state index contributed by atoms with van der Waals surface area (Å²) in [4.78, 5) is 29.0. The van der Waals surface area contributed by atoms with Crippen LogP contribution in [0.2, 0.25) is 0 Å². The average molecular weight is 584 g/mol. The molecule has 44 heavy (non-hydrogen) atoms. The average Bonchev–Trinajstić information content (AvgIpc) is 3.85. The first-order valence-corrected chi connectivity index (χ1v) is 14.1. The van der Waals surface area contributed by atoms with Gasteiger partial charge < -0.3 is 4.98 Å². The van der Waals surface area contributed by atoms with Crippen LogP contribution in [-0.2, 0) is 11.2 Å². The van der Waals surface area contributed by atoms with Crippen molar-refractivity contribution in [2.75, 3.05) is 0 Å². The van der Waals surface area contributed by atoms with Gasteiger partial charge in [-0.05, 0) is 49.2 Å². The van der Waals surface area contributed by atoms with E-state index in [1.807, 2.05) is 78.9 Å². The number of hydrogen-bond acceptors (Lipinski definition) is 6. The predicted molar refractivity (Wildman–Crippen MR) is 168 cm³/mol. The summed E-state index contributed by atoms with van der Waals surface area (Å²) >= 11 is 0. The zero-order valence-corrected chi connectivity index (χ0v) is 23.6. The molecule has 6 aromatic rings. The second-order valence-electron chi connectivity index (χ2n) is 10.00. The number of nitrogens with one attached hydrogen (secondary N) is 5. The van der Waals surface area contributed by atoms with Gasteiger partial charge in [0.15, 0.2) is 0 Å². The van der Waals surface area contributed by atoms with Crippen molar-refractivity contribution in [1.29, 1.82) is 0 Å². The largest absolute Gasteiger partial charge is 0.358 e. The third kappa shape index (κ3) is 6.68. The molecular formula is C33H29N9O2. The van der Waals surface area contributed by atoms with Crippen molar-refractivity contribution < 1.29 is 9.59 Å². The van der Waals surface area contributed by atoms with E-state index in [0.29, 0.717) is 47.6 Å². The summed E-state index contributed by atoms with van der Waals surface area (Å²) in [5, 5.41) is 23.6. The maximum Gasteiger partial charge on any atom is 0.271 e. The van der Waals surface area contributed by atoms with E-state index in [-0.39, 0.29) is 11.8 Å². The molecule has 11 nitrogen and oxygen atoms in total. The normalized spacial score (nSPS) is 11.9. The molecule has 0 aliphatic heterocycles. The van der Waals surface area contributed by atoms with Crippen molar-refractivity contribution in [1.82, 2.24) is 36.2 Å². The summed E-state index contributed by atoms with van der Waals surface area (Å²) in [6, 6.07) is 30.2. The van der Waals surface area contributed by atoms with Crippen LogP contribution >= 0.6 is 0 Å². The zero-order valence-electron chi connectivity index (χ0n) is 23.6. The molecule has 3 aromatic heterocycles. The summed E-state index contributed by atoms with van der Waals surface area (Å²) in [5.74, 6) is -0.519. The maximum atomic E-state index is 13.0. The van der Waals surface area contributed by atoms with Crippen LogP contribution in [0.1, 0.15) is 51.4 Å². The molecule has 2 amide bonds. The third-order valence-corrected chi connectivity index (χ3v) is 6.93. The van der Waals surface area contributed by atoms with E-state index in [9.17, 15) is 9.59 Å². The number of aryl methyl sites for hydroxylation is 1. The third-order valence-electron chi connectivity index (χ3n) is 6.93. The minimum Gasteiger partial charge on any atom is -0.358 e. The minimum atomic E-state index is -0.333. The van der Waals surface area contributed by atoms with Gasteiger partial charge in [0.1, 0.15) is 22.8 Å². The minimum absolute atomic E-state index is 0.186. The van der Waals surface area contributed by atoms with E-state index < -0.39 is 0 Å². The van der Waals surface area contributed by atoms with Gasteiger partial charge >= 0.3 is 0 Å². The van der Waals surface area contributed by atoms with E-state index in [1.54, 1.807) is 30.6 Å². The van der Waals surface area contributed by atoms with E-state index >= 15 is 0 Å². The highest BCUT2D eigenvalue weighted by molar-refractivity contribution is 6.12. The van der Waals surface area contributed by atoms with E-state index in [0.717, 1.165) is 27.7 Å². The summed E-state index contributed by atoms with van der Waals surface area (Å²) in [6.07, 6.45) is 5.00. The van der Waals surface area contributed by atoms with Gasteiger partial charge in [0.2, 0.25) is 5.91 Å². The Morgan fingerprint density at radius 3 is 1.89 bits per heavy atom. The van der Waals surface area contributed by atoms with Gasteiger partial charge in [0.05, 0.1) is 0 Å². The first kappa shape index (κ1) is 28.0. The number of aromatic nitrogens is 5. The fourth-order valence-electron chi connectivity index (χ4n) is 4.77. The first-order valence-electron chi connectivity index (χ1n) is 14.1. The summed E-state index contributed by atoms with van der Waals surface area (Å²) in [5.41, 5.74) is 11.8. The highest BCUT2D eigenvalue weighted by Crippen LogP contribution is 2.19. The number of rotatable bonds is 11. The van der Waals surface area contributed by atoms with E-state index in [1.165, 1.54) is 0 Å². The Morgan fingerprint density at radius 2 is 1.30 bits per heavy atom. The van der Waals surface area contributed by atoms with Crippen LogP contribution in [0.15, 0.2) is 120 Å². The van der Waals surface area contributed by atoms with Crippen LogP contribution in [0.3, 0.4) is 0 Å². The lowest BCUT2D eigenvalue weighted by Gasteiger charge is -2.05. The van der Waals surface area contributed by atoms with Crippen LogP contribution in [0.5, 0.6) is 0 Å². The van der Waals surface area contributed by atoms with Gasteiger partial charge in [-0.3, -0.25) is 19.8 Å². The molecule has 0 spiro atoms. The molecule has 3 heterocycles. The predicted octanol–water partition coefficient (Wildman–Crippen LogP) is 4.69. The number of hydrogen-bond donors (Lipinski definition) is 5. The Hall–Kier alpha value is -6.10. The Bertz CT molecular complexity index is 1910. The SMILES string of the molecule is O=C(CCCc1cc2cc(C(=O)NN=C(c3ccccc3)c3cc[nH]n3)ccc2[nH]1)NN=C(c1ccccc1)c1cc[nH]n1. The molecule has 0 atom stereocenters. The van der Waals surface area contributed by atoms with Gasteiger partial charge in [-0.1, -0.05) is 60.7 Å². The van der Waals surface area contributed by atoms with E-state index in [2.05, 4.69) is 46.4 Å². The second-order valence-corrected chi connectivity index (χ2v) is 10.00. The van der Waals surface area contributed by atoms with E-state index in [4.69, 9.17) is 0 Å². The number of H-pyrrole nitrogens is 3. The molecule has 6 rings (SSSR count). The van der Waals surface area contributed by atoms with Gasteiger partial charge in [0.25, 0.3) is 5.91 Å². The molecular weight excluding hydrogens is 554 g/mol. The van der Waals surface area contributed by atoms with Gasteiger partial charge in [-0.15, -0.1) is 0 Å². The number of hydrazone groups is 2. The summed E-state index contributed by atoms with van der Waals surface area (Å²) < 4.78 is 0. The van der Waals surface area contributed by atoms with Crippen LogP contribution < -0.4 is 10.9 Å². The first-order chi connectivity index (χ1) is 21.6. The van der Waals surface area contributed by atoms with Crippen LogP contribution in [0.25, 0.3) is 10.9 Å². The molecule has 0 radical (unpaired) electrons. The fourth-order valence-corrected chi connectivity index (χ4v) is 4.77. The summed E-state index contributed by atoms with van der Waals surface area (Å²) in [7, 11) is 0. The molecule has 3 aromatic carbocycles. The number of fused-ring (bicyclic) bond motifs is 1. The Balaban J connectivity index is 1.07. The number of amides is 2. The highest BCUT2D eigenvalue weighted by atomic mass is 16.2. The van der Waals surface area contributed by atoms with Crippen molar-refractivity contribution in [3.05, 3.63) is 143 Å². The number of benzene rings is 3. The van der Waals surface area contributed by atoms with Crippen molar-refractivity contribution >= 4 is 34.1 Å². The lowest BCUT2D eigenvalue weighted by atomic mass is 10.1. The molecule has 0 aliphatic carbocycles. The molecule has 0 fully saturated rings. The molecule has 5 N–H and O–H groups in total. The topological polar surface area (TPSA) is 156 Å². The fraction of sp³-hybridized carbons (Fsp3) is 0.0909. The number of nitrogens with zero attached hydrogens (tertiary/aromatic N) is 4. The molecule has 0 aliphatic rings. The van der Waals surface area contributed by atoms with Crippen molar-refractivity contribution in [3.8, 4) is 0 Å².